The van der Waals surface area contributed by atoms with E-state index in [1.807, 2.05) is 0 Å². The van der Waals surface area contributed by atoms with Crippen LogP contribution in [0.5, 0.6) is 0 Å². The van der Waals surface area contributed by atoms with Crippen LogP contribution in [0.2, 0.25) is 0 Å². The first kappa shape index (κ1) is 15.0. The van der Waals surface area contributed by atoms with Gasteiger partial charge in [0, 0.05) is 10.2 Å². The van der Waals surface area contributed by atoms with Crippen molar-refractivity contribution in [2.24, 2.45) is 0 Å². The first-order valence-corrected chi connectivity index (χ1v) is 7.73. The molecule has 2 rings (SSSR count). The van der Waals surface area contributed by atoms with Crippen LogP contribution in [0.1, 0.15) is 37.4 Å². The Morgan fingerprint density at radius 2 is 1.80 bits per heavy atom. The zero-order valence-electron chi connectivity index (χ0n) is 11.8. The van der Waals surface area contributed by atoms with Crippen molar-refractivity contribution < 1.29 is 4.39 Å². The second kappa shape index (κ2) is 6.89. The number of anilines is 1. The standard InChI is InChI=1S/C17H19BrFN/c1-3-12-5-7-13(8-6-12)16(4-2)20-17-10-9-14(19)11-15(17)18/h5-11,16,20H,3-4H2,1-2H3. The number of nitrogens with one attached hydrogen (secondary N) is 1. The van der Waals surface area contributed by atoms with Gasteiger partial charge in [-0.3, -0.25) is 0 Å². The van der Waals surface area contributed by atoms with Crippen molar-refractivity contribution >= 4 is 21.6 Å². The number of hydrogen-bond donors (Lipinski definition) is 1. The number of rotatable bonds is 5. The molecular weight excluding hydrogens is 317 g/mol. The molecule has 0 radical (unpaired) electrons. The summed E-state index contributed by atoms with van der Waals surface area (Å²) >= 11 is 3.40. The maximum atomic E-state index is 13.1. The molecule has 1 N–H and O–H groups in total. The SMILES string of the molecule is CCc1ccc(C(CC)Nc2ccc(F)cc2Br)cc1. The summed E-state index contributed by atoms with van der Waals surface area (Å²) in [7, 11) is 0. The molecule has 0 spiro atoms. The summed E-state index contributed by atoms with van der Waals surface area (Å²) in [6.07, 6.45) is 2.02. The summed E-state index contributed by atoms with van der Waals surface area (Å²) in [5.41, 5.74) is 3.50. The number of benzene rings is 2. The minimum absolute atomic E-state index is 0.225. The van der Waals surface area contributed by atoms with E-state index in [-0.39, 0.29) is 11.9 Å². The lowest BCUT2D eigenvalue weighted by molar-refractivity contribution is 0.626. The van der Waals surface area contributed by atoms with Crippen LogP contribution in [-0.2, 0) is 6.42 Å². The number of aryl methyl sites for hydroxylation is 1. The van der Waals surface area contributed by atoms with Gasteiger partial charge < -0.3 is 5.32 Å². The molecule has 0 aliphatic carbocycles. The van der Waals surface area contributed by atoms with Crippen molar-refractivity contribution in [3.63, 3.8) is 0 Å². The molecule has 0 fully saturated rings. The fourth-order valence-electron chi connectivity index (χ4n) is 2.20. The van der Waals surface area contributed by atoms with Gasteiger partial charge in [-0.1, -0.05) is 38.1 Å². The lowest BCUT2D eigenvalue weighted by atomic mass is 10.0. The van der Waals surface area contributed by atoms with Crippen LogP contribution < -0.4 is 5.32 Å². The fraction of sp³-hybridized carbons (Fsp3) is 0.294. The van der Waals surface area contributed by atoms with Gasteiger partial charge in [-0.05, 0) is 58.1 Å². The van der Waals surface area contributed by atoms with Crippen LogP contribution in [-0.4, -0.2) is 0 Å². The second-order valence-corrected chi connectivity index (χ2v) is 5.68. The van der Waals surface area contributed by atoms with Gasteiger partial charge in [0.05, 0.1) is 6.04 Å². The average Bonchev–Trinajstić information content (AvgIpc) is 2.47. The number of halogens is 2. The summed E-state index contributed by atoms with van der Waals surface area (Å²) in [5.74, 6) is -0.234. The molecule has 2 aromatic rings. The van der Waals surface area contributed by atoms with E-state index >= 15 is 0 Å². The van der Waals surface area contributed by atoms with Crippen molar-refractivity contribution in [3.8, 4) is 0 Å². The van der Waals surface area contributed by atoms with E-state index in [1.165, 1.54) is 23.3 Å². The van der Waals surface area contributed by atoms with Crippen LogP contribution in [0, 0.1) is 5.82 Å². The molecule has 0 saturated carbocycles. The molecule has 0 saturated heterocycles. The van der Waals surface area contributed by atoms with Gasteiger partial charge in [-0.25, -0.2) is 4.39 Å². The Morgan fingerprint density at radius 3 is 2.35 bits per heavy atom. The zero-order valence-corrected chi connectivity index (χ0v) is 13.4. The summed E-state index contributed by atoms with van der Waals surface area (Å²) in [4.78, 5) is 0. The summed E-state index contributed by atoms with van der Waals surface area (Å²) in [6, 6.07) is 13.6. The molecule has 106 valence electrons. The Balaban J connectivity index is 2.19. The highest BCUT2D eigenvalue weighted by atomic mass is 79.9. The quantitative estimate of drug-likeness (QED) is 0.737. The third-order valence-electron chi connectivity index (χ3n) is 3.46. The predicted octanol–water partition coefficient (Wildman–Crippen LogP) is 5.71. The Bertz CT molecular complexity index is 566. The van der Waals surface area contributed by atoms with Crippen LogP contribution >= 0.6 is 15.9 Å². The smallest absolute Gasteiger partial charge is 0.124 e. The van der Waals surface area contributed by atoms with Crippen molar-refractivity contribution in [1.82, 2.24) is 0 Å². The summed E-state index contributed by atoms with van der Waals surface area (Å²) in [5, 5.41) is 3.46. The molecule has 0 aliphatic rings. The molecule has 0 bridgehead atoms. The van der Waals surface area contributed by atoms with Crippen molar-refractivity contribution in [3.05, 3.63) is 63.9 Å². The van der Waals surface area contributed by atoms with Gasteiger partial charge in [0.25, 0.3) is 0 Å². The Hall–Kier alpha value is -1.35. The van der Waals surface area contributed by atoms with E-state index in [4.69, 9.17) is 0 Å². The molecule has 0 heterocycles. The van der Waals surface area contributed by atoms with Gasteiger partial charge in [0.1, 0.15) is 5.82 Å². The van der Waals surface area contributed by atoms with Crippen LogP contribution in [0.25, 0.3) is 0 Å². The minimum atomic E-state index is -0.234. The van der Waals surface area contributed by atoms with Gasteiger partial charge in [0.2, 0.25) is 0 Å². The molecule has 20 heavy (non-hydrogen) atoms. The number of hydrogen-bond acceptors (Lipinski definition) is 1. The molecule has 2 aromatic carbocycles. The largest absolute Gasteiger partial charge is 0.377 e. The lowest BCUT2D eigenvalue weighted by Gasteiger charge is -2.20. The molecule has 1 atom stereocenters. The van der Waals surface area contributed by atoms with Crippen LogP contribution in [0.4, 0.5) is 10.1 Å². The van der Waals surface area contributed by atoms with E-state index in [9.17, 15) is 4.39 Å². The fourth-order valence-corrected chi connectivity index (χ4v) is 2.67. The van der Waals surface area contributed by atoms with Crippen LogP contribution in [0.15, 0.2) is 46.9 Å². The normalized spacial score (nSPS) is 12.2. The first-order chi connectivity index (χ1) is 9.63. The van der Waals surface area contributed by atoms with Crippen molar-refractivity contribution in [2.75, 3.05) is 5.32 Å². The molecule has 0 aliphatic heterocycles. The Morgan fingerprint density at radius 1 is 1.10 bits per heavy atom. The third kappa shape index (κ3) is 3.60. The monoisotopic (exact) mass is 335 g/mol. The predicted molar refractivity (Wildman–Crippen MR) is 86.6 cm³/mol. The van der Waals surface area contributed by atoms with E-state index < -0.39 is 0 Å². The van der Waals surface area contributed by atoms with Crippen LogP contribution in [0.3, 0.4) is 0 Å². The highest BCUT2D eigenvalue weighted by molar-refractivity contribution is 9.10. The first-order valence-electron chi connectivity index (χ1n) is 6.94. The van der Waals surface area contributed by atoms with Gasteiger partial charge in [-0.2, -0.15) is 0 Å². The van der Waals surface area contributed by atoms with Gasteiger partial charge in [0.15, 0.2) is 0 Å². The Kier molecular flexibility index (Phi) is 5.18. The van der Waals surface area contributed by atoms with E-state index in [1.54, 1.807) is 6.07 Å². The molecule has 0 amide bonds. The molecule has 3 heteroatoms. The van der Waals surface area contributed by atoms with Crippen molar-refractivity contribution in [1.29, 1.82) is 0 Å². The molecule has 1 nitrogen and oxygen atoms in total. The zero-order chi connectivity index (χ0) is 14.5. The van der Waals surface area contributed by atoms with E-state index in [2.05, 4.69) is 59.4 Å². The Labute approximate surface area is 128 Å². The average molecular weight is 336 g/mol. The molecule has 1 unspecified atom stereocenters. The summed E-state index contributed by atoms with van der Waals surface area (Å²) in [6.45, 7) is 4.29. The summed E-state index contributed by atoms with van der Waals surface area (Å²) < 4.78 is 13.9. The van der Waals surface area contributed by atoms with E-state index in [0.717, 1.165) is 23.0 Å². The second-order valence-electron chi connectivity index (χ2n) is 4.82. The lowest BCUT2D eigenvalue weighted by Crippen LogP contribution is -2.10. The highest BCUT2D eigenvalue weighted by Gasteiger charge is 2.11. The van der Waals surface area contributed by atoms with Gasteiger partial charge in [-0.15, -0.1) is 0 Å². The molecular formula is C17H19BrFN. The maximum Gasteiger partial charge on any atom is 0.124 e. The molecule has 0 aromatic heterocycles. The minimum Gasteiger partial charge on any atom is -0.377 e. The van der Waals surface area contributed by atoms with Crippen molar-refractivity contribution in [2.45, 2.75) is 32.7 Å². The highest BCUT2D eigenvalue weighted by Crippen LogP contribution is 2.29. The third-order valence-corrected chi connectivity index (χ3v) is 4.12. The topological polar surface area (TPSA) is 12.0 Å². The van der Waals surface area contributed by atoms with E-state index in [0.29, 0.717) is 0 Å². The maximum absolute atomic E-state index is 13.1. The van der Waals surface area contributed by atoms with Gasteiger partial charge >= 0.3 is 0 Å².